The van der Waals surface area contributed by atoms with Crippen molar-refractivity contribution in [2.75, 3.05) is 12.3 Å². The summed E-state index contributed by atoms with van der Waals surface area (Å²) in [5.41, 5.74) is 10.1. The lowest BCUT2D eigenvalue weighted by atomic mass is 10.1. The summed E-state index contributed by atoms with van der Waals surface area (Å²) in [6.45, 7) is 5.62. The summed E-state index contributed by atoms with van der Waals surface area (Å²) in [6, 6.07) is 17.9. The van der Waals surface area contributed by atoms with Crippen LogP contribution in [0.3, 0.4) is 0 Å². The Labute approximate surface area is 203 Å². The largest absolute Gasteiger partial charge is 0.382 e. The lowest BCUT2D eigenvalue weighted by molar-refractivity contribution is 0.237. The molecule has 7 heteroatoms. The maximum atomic E-state index is 12.3. The number of anilines is 1. The molecule has 0 spiro atoms. The highest BCUT2D eigenvalue weighted by molar-refractivity contribution is 6.06. The van der Waals surface area contributed by atoms with Crippen LogP contribution in [0.25, 0.3) is 21.9 Å². The van der Waals surface area contributed by atoms with Crippen molar-refractivity contribution in [3.63, 3.8) is 0 Å². The number of fused-ring (bicyclic) bond motifs is 3. The monoisotopic (exact) mass is 462 g/mol. The zero-order chi connectivity index (χ0) is 23.9. The average molecular weight is 463 g/mol. The molecule has 0 bridgehead atoms. The van der Waals surface area contributed by atoms with Crippen molar-refractivity contribution in [1.82, 2.24) is 25.2 Å². The fraction of sp³-hybridized carbons (Fsp3) is 0.370. The number of pyridine rings is 1. The first-order valence-electron chi connectivity index (χ1n) is 12.2. The number of nitrogens with two attached hydrogens (primary N) is 1. The van der Waals surface area contributed by atoms with Crippen LogP contribution in [0.5, 0.6) is 0 Å². The van der Waals surface area contributed by atoms with Crippen LogP contribution in [0.4, 0.5) is 10.6 Å². The zero-order valence-corrected chi connectivity index (χ0v) is 20.1. The second-order valence-corrected chi connectivity index (χ2v) is 8.73. The van der Waals surface area contributed by atoms with Crippen molar-refractivity contribution in [2.45, 2.75) is 58.5 Å². The molecular weight excluding hydrogens is 424 g/mol. The molecule has 182 valence electrons. The molecule has 4 rings (SSSR count). The Bertz CT molecular complexity index is 1260. The minimum atomic E-state index is -0.141. The van der Waals surface area contributed by atoms with E-state index in [0.717, 1.165) is 72.0 Å². The standard InChI is InChI=1S/C27H34N6O.2H2/c1-3-4-16-23-32-24-25(21-14-8-9-15-22(21)31-26(24)28)33(23)18-11-10-17-29-27(34)30-19(2)20-12-6-5-7-13-20;;/h5-9,12-15,19H,3-4,10-11,16-18H2,1-2H3,(H2,28,31)(H2,29,30,34);2*1H/t19-;;/m0../s1. The maximum Gasteiger partial charge on any atom is 0.315 e. The molecule has 2 aromatic carbocycles. The van der Waals surface area contributed by atoms with Gasteiger partial charge < -0.3 is 20.9 Å². The van der Waals surface area contributed by atoms with E-state index in [1.807, 2.05) is 55.5 Å². The molecule has 0 saturated carbocycles. The van der Waals surface area contributed by atoms with E-state index in [0.29, 0.717) is 12.4 Å². The molecule has 0 unspecified atom stereocenters. The predicted molar refractivity (Wildman–Crippen MR) is 143 cm³/mol. The summed E-state index contributed by atoms with van der Waals surface area (Å²) in [6.07, 6.45) is 4.90. The van der Waals surface area contributed by atoms with Gasteiger partial charge in [-0.05, 0) is 37.8 Å². The first-order chi connectivity index (χ1) is 16.6. The van der Waals surface area contributed by atoms with Crippen molar-refractivity contribution in [3.8, 4) is 0 Å². The molecule has 4 aromatic rings. The number of para-hydroxylation sites is 1. The minimum Gasteiger partial charge on any atom is -0.382 e. The molecule has 0 radical (unpaired) electrons. The molecule has 4 N–H and O–H groups in total. The number of unbranched alkanes of at least 4 members (excludes halogenated alkanes) is 2. The van der Waals surface area contributed by atoms with Crippen LogP contribution in [0, 0.1) is 0 Å². The second kappa shape index (κ2) is 11.0. The van der Waals surface area contributed by atoms with Gasteiger partial charge in [-0.15, -0.1) is 0 Å². The van der Waals surface area contributed by atoms with E-state index in [1.54, 1.807) is 0 Å². The number of hydrogen-bond acceptors (Lipinski definition) is 4. The predicted octanol–water partition coefficient (Wildman–Crippen LogP) is 5.84. The first kappa shape index (κ1) is 23.5. The highest BCUT2D eigenvalue weighted by Crippen LogP contribution is 2.29. The summed E-state index contributed by atoms with van der Waals surface area (Å²) < 4.78 is 2.31. The van der Waals surface area contributed by atoms with Crippen LogP contribution in [0.1, 0.15) is 59.8 Å². The van der Waals surface area contributed by atoms with Gasteiger partial charge in [-0.2, -0.15) is 0 Å². The Morgan fingerprint density at radius 1 is 1.06 bits per heavy atom. The van der Waals surface area contributed by atoms with E-state index in [2.05, 4.69) is 33.2 Å². The van der Waals surface area contributed by atoms with Crippen LogP contribution in [0.15, 0.2) is 54.6 Å². The van der Waals surface area contributed by atoms with Crippen LogP contribution in [-0.2, 0) is 13.0 Å². The van der Waals surface area contributed by atoms with E-state index in [9.17, 15) is 4.79 Å². The van der Waals surface area contributed by atoms with Gasteiger partial charge in [-0.1, -0.05) is 61.9 Å². The van der Waals surface area contributed by atoms with E-state index in [-0.39, 0.29) is 14.9 Å². The molecule has 7 nitrogen and oxygen atoms in total. The number of hydrogen-bond donors (Lipinski definition) is 3. The van der Waals surface area contributed by atoms with Gasteiger partial charge in [0.1, 0.15) is 11.3 Å². The summed E-state index contributed by atoms with van der Waals surface area (Å²) in [5.74, 6) is 1.54. The quantitative estimate of drug-likeness (QED) is 0.258. The number of aryl methyl sites for hydroxylation is 2. The number of urea groups is 1. The summed E-state index contributed by atoms with van der Waals surface area (Å²) in [4.78, 5) is 21.7. The number of carbonyl (C=O) groups is 1. The number of nitrogen functional groups attached to an aromatic ring is 1. The van der Waals surface area contributed by atoms with Gasteiger partial charge in [0.2, 0.25) is 0 Å². The Balaban J connectivity index is 0.00000228. The van der Waals surface area contributed by atoms with Crippen LogP contribution >= 0.6 is 0 Å². The number of aromatic nitrogens is 3. The lowest BCUT2D eigenvalue weighted by Crippen LogP contribution is -2.37. The number of nitrogens with zero attached hydrogens (tertiary/aromatic N) is 3. The molecule has 0 aliphatic rings. The molecule has 0 saturated heterocycles. The molecule has 2 aromatic heterocycles. The smallest absolute Gasteiger partial charge is 0.315 e. The number of imidazole rings is 1. The fourth-order valence-electron chi connectivity index (χ4n) is 4.34. The van der Waals surface area contributed by atoms with Gasteiger partial charge in [0.25, 0.3) is 0 Å². The molecule has 0 fully saturated rings. The highest BCUT2D eigenvalue weighted by Gasteiger charge is 2.17. The van der Waals surface area contributed by atoms with Crippen molar-refractivity contribution in [1.29, 1.82) is 0 Å². The Hall–Kier alpha value is -3.61. The number of nitrogens with one attached hydrogen (secondary N) is 2. The van der Waals surface area contributed by atoms with E-state index in [4.69, 9.17) is 10.7 Å². The topological polar surface area (TPSA) is 97.9 Å². The SMILES string of the molecule is CCCCc1nc2c(N)nc3ccccc3c2n1CCCCNC(=O)N[C@@H](C)c1ccccc1.[HH].[HH]. The number of benzene rings is 2. The van der Waals surface area contributed by atoms with Crippen LogP contribution in [0.2, 0.25) is 0 Å². The molecule has 2 heterocycles. The lowest BCUT2D eigenvalue weighted by Gasteiger charge is -2.15. The third-order valence-corrected chi connectivity index (χ3v) is 6.18. The number of carbonyl (C=O) groups excluding carboxylic acids is 1. The number of rotatable bonds is 10. The van der Waals surface area contributed by atoms with E-state index < -0.39 is 0 Å². The molecule has 1 atom stereocenters. The second-order valence-electron chi connectivity index (χ2n) is 8.73. The summed E-state index contributed by atoms with van der Waals surface area (Å²) in [5, 5.41) is 7.06. The number of amides is 2. The Morgan fingerprint density at radius 3 is 2.62 bits per heavy atom. The average Bonchev–Trinajstić information content (AvgIpc) is 3.22. The summed E-state index contributed by atoms with van der Waals surface area (Å²) >= 11 is 0. The highest BCUT2D eigenvalue weighted by atomic mass is 16.2. The molecular formula is C27H38N6O. The normalized spacial score (nSPS) is 12.2. The fourth-order valence-corrected chi connectivity index (χ4v) is 4.34. The molecule has 34 heavy (non-hydrogen) atoms. The van der Waals surface area contributed by atoms with Crippen LogP contribution < -0.4 is 16.4 Å². The van der Waals surface area contributed by atoms with Crippen molar-refractivity contribution < 1.29 is 7.65 Å². The first-order valence-corrected chi connectivity index (χ1v) is 12.2. The van der Waals surface area contributed by atoms with Gasteiger partial charge in [-0.25, -0.2) is 14.8 Å². The van der Waals surface area contributed by atoms with Crippen LogP contribution in [-0.4, -0.2) is 27.1 Å². The third-order valence-electron chi connectivity index (χ3n) is 6.18. The van der Waals surface area contributed by atoms with Gasteiger partial charge in [0, 0.05) is 27.7 Å². The van der Waals surface area contributed by atoms with E-state index >= 15 is 0 Å². The van der Waals surface area contributed by atoms with Gasteiger partial charge in [0.05, 0.1) is 17.1 Å². The van der Waals surface area contributed by atoms with Gasteiger partial charge >= 0.3 is 6.03 Å². The zero-order valence-electron chi connectivity index (χ0n) is 20.1. The van der Waals surface area contributed by atoms with Gasteiger partial charge in [-0.3, -0.25) is 0 Å². The molecule has 0 aliphatic heterocycles. The minimum absolute atomic E-state index is 0. The Kier molecular flexibility index (Phi) is 7.62. The van der Waals surface area contributed by atoms with E-state index in [1.165, 1.54) is 0 Å². The van der Waals surface area contributed by atoms with Crippen molar-refractivity contribution in [3.05, 3.63) is 66.0 Å². The maximum absolute atomic E-state index is 12.3. The molecule has 2 amide bonds. The van der Waals surface area contributed by atoms with Crippen molar-refractivity contribution in [2.24, 2.45) is 0 Å². The van der Waals surface area contributed by atoms with Crippen molar-refractivity contribution >= 4 is 33.8 Å². The summed E-state index contributed by atoms with van der Waals surface area (Å²) in [7, 11) is 0. The molecule has 0 aliphatic carbocycles. The Morgan fingerprint density at radius 2 is 1.82 bits per heavy atom. The third kappa shape index (κ3) is 5.30. The van der Waals surface area contributed by atoms with Gasteiger partial charge in [0.15, 0.2) is 5.82 Å².